The van der Waals surface area contributed by atoms with Gasteiger partial charge in [0.2, 0.25) is 0 Å². The topological polar surface area (TPSA) is 74.5 Å². The predicted octanol–water partition coefficient (Wildman–Crippen LogP) is 5.66. The Labute approximate surface area is 199 Å². The fraction of sp³-hybridized carbons (Fsp3) is 0.0385. The molecule has 0 radical (unpaired) electrons. The third-order valence-corrected chi connectivity index (χ3v) is 5.57. The first-order valence-corrected chi connectivity index (χ1v) is 10.9. The lowest BCUT2D eigenvalue weighted by molar-refractivity contribution is 0.0955. The molecule has 4 aromatic rings. The van der Waals surface area contributed by atoms with Gasteiger partial charge in [0.05, 0.1) is 17.8 Å². The Morgan fingerprint density at radius 2 is 1.84 bits per heavy atom. The lowest BCUT2D eigenvalue weighted by Crippen LogP contribution is -2.17. The van der Waals surface area contributed by atoms with E-state index in [-0.39, 0.29) is 5.91 Å². The predicted molar refractivity (Wildman–Crippen MR) is 134 cm³/mol. The van der Waals surface area contributed by atoms with Crippen LogP contribution >= 0.6 is 22.6 Å². The van der Waals surface area contributed by atoms with E-state index in [9.17, 15) is 4.79 Å². The van der Waals surface area contributed by atoms with Crippen molar-refractivity contribution in [2.24, 2.45) is 5.10 Å². The van der Waals surface area contributed by atoms with Crippen LogP contribution in [0.3, 0.4) is 0 Å². The van der Waals surface area contributed by atoms with Crippen molar-refractivity contribution in [3.63, 3.8) is 0 Å². The normalized spacial score (nSPS) is 10.8. The molecule has 5 nitrogen and oxygen atoms in total. The molecule has 0 aliphatic rings. The Balaban J connectivity index is 1.58. The van der Waals surface area contributed by atoms with Gasteiger partial charge < -0.3 is 4.74 Å². The van der Waals surface area contributed by atoms with Crippen LogP contribution < -0.4 is 10.2 Å². The zero-order valence-corrected chi connectivity index (χ0v) is 19.1. The van der Waals surface area contributed by atoms with Crippen molar-refractivity contribution in [2.45, 2.75) is 6.61 Å². The second-order valence-corrected chi connectivity index (χ2v) is 8.25. The van der Waals surface area contributed by atoms with Crippen molar-refractivity contribution < 1.29 is 9.53 Å². The summed E-state index contributed by atoms with van der Waals surface area (Å²) in [6, 6.07) is 28.5. The van der Waals surface area contributed by atoms with Crippen molar-refractivity contribution in [3.05, 3.63) is 111 Å². The van der Waals surface area contributed by atoms with Crippen LogP contribution in [0.2, 0.25) is 0 Å². The maximum absolute atomic E-state index is 12.4. The fourth-order valence-electron chi connectivity index (χ4n) is 3.25. The number of halogens is 1. The van der Waals surface area contributed by atoms with E-state index in [0.29, 0.717) is 23.5 Å². The zero-order chi connectivity index (χ0) is 22.3. The van der Waals surface area contributed by atoms with Gasteiger partial charge in [-0.2, -0.15) is 10.4 Å². The van der Waals surface area contributed by atoms with Crippen molar-refractivity contribution in [1.82, 2.24) is 5.43 Å². The Morgan fingerprint density at radius 1 is 1.03 bits per heavy atom. The van der Waals surface area contributed by atoms with E-state index in [0.717, 1.165) is 25.5 Å². The maximum Gasteiger partial charge on any atom is 0.271 e. The number of nitrogens with one attached hydrogen (secondary N) is 1. The van der Waals surface area contributed by atoms with E-state index < -0.39 is 0 Å². The van der Waals surface area contributed by atoms with Crippen LogP contribution in [0.15, 0.2) is 90.0 Å². The largest absolute Gasteiger partial charge is 0.488 e. The number of ether oxygens (including phenoxy) is 1. The number of hydrazone groups is 1. The van der Waals surface area contributed by atoms with Gasteiger partial charge in [0, 0.05) is 14.7 Å². The van der Waals surface area contributed by atoms with Crippen molar-refractivity contribution in [3.8, 4) is 11.8 Å². The van der Waals surface area contributed by atoms with Gasteiger partial charge >= 0.3 is 0 Å². The second kappa shape index (κ2) is 10.1. The molecule has 1 amide bonds. The van der Waals surface area contributed by atoms with Crippen molar-refractivity contribution in [2.75, 3.05) is 0 Å². The summed E-state index contributed by atoms with van der Waals surface area (Å²) in [4.78, 5) is 12.4. The molecule has 4 rings (SSSR count). The summed E-state index contributed by atoms with van der Waals surface area (Å²) < 4.78 is 7.13. The van der Waals surface area contributed by atoms with Crippen LogP contribution in [-0.4, -0.2) is 12.1 Å². The Bertz CT molecular complexity index is 1340. The molecular formula is C26H18IN3O2. The second-order valence-electron chi connectivity index (χ2n) is 7.01. The molecular weight excluding hydrogens is 513 g/mol. The smallest absolute Gasteiger partial charge is 0.271 e. The first kappa shape index (κ1) is 21.5. The van der Waals surface area contributed by atoms with Gasteiger partial charge in [0.25, 0.3) is 5.91 Å². The third kappa shape index (κ3) is 5.13. The summed E-state index contributed by atoms with van der Waals surface area (Å²) in [6.07, 6.45) is 1.61. The van der Waals surface area contributed by atoms with Gasteiger partial charge in [-0.05, 0) is 81.4 Å². The monoisotopic (exact) mass is 531 g/mol. The first-order valence-electron chi connectivity index (χ1n) is 9.86. The molecule has 0 aromatic heterocycles. The Kier molecular flexibility index (Phi) is 6.78. The molecule has 0 fully saturated rings. The number of hydrogen-bond donors (Lipinski definition) is 1. The number of fused-ring (bicyclic) bond motifs is 1. The number of carbonyl (C=O) groups excluding carboxylic acids is 1. The number of nitriles is 1. The molecule has 1 N–H and O–H groups in total. The molecule has 4 aromatic carbocycles. The summed E-state index contributed by atoms with van der Waals surface area (Å²) in [7, 11) is 0. The summed E-state index contributed by atoms with van der Waals surface area (Å²) in [6.45, 7) is 0.309. The third-order valence-electron chi connectivity index (χ3n) is 4.85. The van der Waals surface area contributed by atoms with Gasteiger partial charge in [-0.25, -0.2) is 5.43 Å². The molecule has 0 atom stereocenters. The van der Waals surface area contributed by atoms with E-state index >= 15 is 0 Å². The van der Waals surface area contributed by atoms with Gasteiger partial charge in [0.15, 0.2) is 0 Å². The van der Waals surface area contributed by atoms with Gasteiger partial charge in [0.1, 0.15) is 12.4 Å². The zero-order valence-electron chi connectivity index (χ0n) is 17.0. The van der Waals surface area contributed by atoms with Crippen LogP contribution in [0.1, 0.15) is 27.0 Å². The summed E-state index contributed by atoms with van der Waals surface area (Å²) >= 11 is 2.19. The highest BCUT2D eigenvalue weighted by Crippen LogP contribution is 2.27. The van der Waals surface area contributed by atoms with Crippen LogP contribution in [-0.2, 0) is 6.61 Å². The van der Waals surface area contributed by atoms with E-state index in [4.69, 9.17) is 10.00 Å². The molecule has 0 saturated carbocycles. The van der Waals surface area contributed by atoms with E-state index in [1.54, 1.807) is 30.5 Å². The number of amides is 1. The highest BCUT2D eigenvalue weighted by molar-refractivity contribution is 14.1. The number of carbonyl (C=O) groups is 1. The van der Waals surface area contributed by atoms with Crippen LogP contribution in [0.4, 0.5) is 0 Å². The molecule has 0 aliphatic carbocycles. The van der Waals surface area contributed by atoms with Crippen molar-refractivity contribution >= 4 is 45.5 Å². The highest BCUT2D eigenvalue weighted by atomic mass is 127. The molecule has 0 unspecified atom stereocenters. The lowest BCUT2D eigenvalue weighted by atomic mass is 10.0. The summed E-state index contributed by atoms with van der Waals surface area (Å²) in [5.41, 5.74) is 5.37. The minimum absolute atomic E-state index is 0.284. The summed E-state index contributed by atoms with van der Waals surface area (Å²) in [5, 5.41) is 15.3. The molecule has 156 valence electrons. The molecule has 0 bridgehead atoms. The first-order chi connectivity index (χ1) is 15.6. The standard InChI is InChI=1S/C26H18IN3O2/c27-22-11-8-21(9-12-22)26(31)30-29-16-24-23-7-2-1-6-20(23)10-13-25(24)32-17-19-5-3-4-18(14-19)15-28/h1-14,16H,17H2,(H,30,31)/b29-16-. The van der Waals surface area contributed by atoms with E-state index in [2.05, 4.69) is 39.2 Å². The van der Waals surface area contributed by atoms with E-state index in [1.165, 1.54) is 0 Å². The Morgan fingerprint density at radius 3 is 2.66 bits per heavy atom. The minimum atomic E-state index is -0.284. The van der Waals surface area contributed by atoms with Gasteiger partial charge in [-0.1, -0.05) is 42.5 Å². The average Bonchev–Trinajstić information content (AvgIpc) is 2.83. The number of rotatable bonds is 6. The van der Waals surface area contributed by atoms with Crippen LogP contribution in [0.25, 0.3) is 10.8 Å². The van der Waals surface area contributed by atoms with Crippen LogP contribution in [0, 0.1) is 14.9 Å². The Hall–Kier alpha value is -3.70. The van der Waals surface area contributed by atoms with Gasteiger partial charge in [-0.3, -0.25) is 4.79 Å². The molecule has 6 heteroatoms. The molecule has 0 spiro atoms. The fourth-order valence-corrected chi connectivity index (χ4v) is 3.61. The summed E-state index contributed by atoms with van der Waals surface area (Å²) in [5.74, 6) is 0.354. The maximum atomic E-state index is 12.4. The quantitative estimate of drug-likeness (QED) is 0.198. The minimum Gasteiger partial charge on any atom is -0.488 e. The number of nitrogens with zero attached hydrogens (tertiary/aromatic N) is 2. The number of benzene rings is 4. The SMILES string of the molecule is N#Cc1cccc(COc2ccc3ccccc3c2/C=N\NC(=O)c2ccc(I)cc2)c1. The van der Waals surface area contributed by atoms with Crippen LogP contribution in [0.5, 0.6) is 5.75 Å². The van der Waals surface area contributed by atoms with Gasteiger partial charge in [-0.15, -0.1) is 0 Å². The molecule has 0 saturated heterocycles. The van der Waals surface area contributed by atoms with E-state index in [1.807, 2.05) is 60.7 Å². The molecule has 0 heterocycles. The average molecular weight is 531 g/mol. The number of hydrogen-bond acceptors (Lipinski definition) is 4. The highest BCUT2D eigenvalue weighted by Gasteiger charge is 2.09. The molecule has 32 heavy (non-hydrogen) atoms. The van der Waals surface area contributed by atoms with Crippen molar-refractivity contribution in [1.29, 1.82) is 5.26 Å². The molecule has 0 aliphatic heterocycles. The lowest BCUT2D eigenvalue weighted by Gasteiger charge is -2.12.